The average Bonchev–Trinajstić information content (AvgIpc) is 3.04. The number of hydrogen-bond acceptors (Lipinski definition) is 7. The Morgan fingerprint density at radius 2 is 1.87 bits per heavy atom. The number of aliphatic hydroxyl groups excluding tert-OH is 2. The van der Waals surface area contributed by atoms with E-state index >= 15 is 0 Å². The molecule has 9 heteroatoms. The van der Waals surface area contributed by atoms with Crippen molar-refractivity contribution >= 4 is 29.2 Å². The lowest BCUT2D eigenvalue weighted by atomic mass is 9.59. The molecule has 1 heterocycles. The van der Waals surface area contributed by atoms with Crippen molar-refractivity contribution in [3.05, 3.63) is 47.6 Å². The van der Waals surface area contributed by atoms with E-state index in [4.69, 9.17) is 4.74 Å². The molecule has 1 aromatic rings. The highest BCUT2D eigenvalue weighted by Crippen LogP contribution is 2.62. The summed E-state index contributed by atoms with van der Waals surface area (Å²) in [6.07, 6.45) is -0.0765. The van der Waals surface area contributed by atoms with Crippen LogP contribution in [-0.2, 0) is 14.3 Å². The summed E-state index contributed by atoms with van der Waals surface area (Å²) < 4.78 is 5.93. The SMILES string of the molecule is CC1=CC23C(=O)[C@@H](C=C(CO)[C@@H](O)[C@]2(O)[C@H]1OC(=O)N1CC(=O)Nc2ccccc21)C(C)(C)[C@H](C)CC3C. The number of nitrogens with one attached hydrogen (secondary N) is 1. The highest BCUT2D eigenvalue weighted by molar-refractivity contribution is 6.08. The van der Waals surface area contributed by atoms with E-state index in [9.17, 15) is 29.7 Å². The molecule has 1 aromatic carbocycles. The minimum absolute atomic E-state index is 0.0835. The summed E-state index contributed by atoms with van der Waals surface area (Å²) >= 11 is 0. The van der Waals surface area contributed by atoms with Crippen molar-refractivity contribution < 1.29 is 34.4 Å². The van der Waals surface area contributed by atoms with Crippen LogP contribution in [0.2, 0.25) is 0 Å². The molecule has 3 aliphatic carbocycles. The summed E-state index contributed by atoms with van der Waals surface area (Å²) in [4.78, 5) is 41.6. The number of benzene rings is 1. The molecule has 38 heavy (non-hydrogen) atoms. The van der Waals surface area contributed by atoms with Gasteiger partial charge in [-0.05, 0) is 53.9 Å². The van der Waals surface area contributed by atoms with Crippen molar-refractivity contribution in [2.45, 2.75) is 58.8 Å². The fourth-order valence-corrected chi connectivity index (χ4v) is 7.21. The fraction of sp³-hybridized carbons (Fsp3) is 0.552. The Morgan fingerprint density at radius 3 is 2.55 bits per heavy atom. The zero-order valence-electron chi connectivity index (χ0n) is 22.4. The van der Waals surface area contributed by atoms with Gasteiger partial charge >= 0.3 is 6.09 Å². The van der Waals surface area contributed by atoms with E-state index in [0.29, 0.717) is 23.4 Å². The maximum atomic E-state index is 14.5. The van der Waals surface area contributed by atoms with Gasteiger partial charge in [0.05, 0.1) is 23.4 Å². The number of anilines is 2. The first kappa shape index (κ1) is 26.6. The predicted octanol–water partition coefficient (Wildman–Crippen LogP) is 2.81. The molecule has 7 atom stereocenters. The lowest BCUT2D eigenvalue weighted by Crippen LogP contribution is -2.66. The van der Waals surface area contributed by atoms with Crippen LogP contribution in [0.15, 0.2) is 47.6 Å². The van der Waals surface area contributed by atoms with Gasteiger partial charge < -0.3 is 25.4 Å². The zero-order chi connectivity index (χ0) is 27.8. The molecular formula is C29H36N2O7. The monoisotopic (exact) mass is 524 g/mol. The minimum Gasteiger partial charge on any atom is -0.438 e. The number of fused-ring (bicyclic) bond motifs is 2. The Bertz CT molecular complexity index is 1270. The van der Waals surface area contributed by atoms with Gasteiger partial charge in [-0.3, -0.25) is 14.5 Å². The van der Waals surface area contributed by atoms with E-state index in [-0.39, 0.29) is 23.8 Å². The van der Waals surface area contributed by atoms with Gasteiger partial charge in [0.15, 0.2) is 17.5 Å². The molecule has 0 aromatic heterocycles. The summed E-state index contributed by atoms with van der Waals surface area (Å²) in [5, 5.41) is 37.2. The van der Waals surface area contributed by atoms with Crippen LogP contribution in [0, 0.1) is 28.6 Å². The van der Waals surface area contributed by atoms with Crippen molar-refractivity contribution in [2.75, 3.05) is 23.4 Å². The predicted molar refractivity (Wildman–Crippen MR) is 140 cm³/mol. The maximum Gasteiger partial charge on any atom is 0.415 e. The normalized spacial score (nSPS) is 37.7. The molecule has 4 aliphatic rings. The average molecular weight is 525 g/mol. The minimum atomic E-state index is -2.26. The fourth-order valence-electron chi connectivity index (χ4n) is 7.21. The number of aliphatic hydroxyl groups is 3. The molecule has 1 saturated carbocycles. The summed E-state index contributed by atoms with van der Waals surface area (Å²) in [7, 11) is 0. The van der Waals surface area contributed by atoms with Crippen molar-refractivity contribution in [3.8, 4) is 0 Å². The van der Waals surface area contributed by atoms with Crippen LogP contribution < -0.4 is 10.2 Å². The van der Waals surface area contributed by atoms with Crippen molar-refractivity contribution in [3.63, 3.8) is 0 Å². The van der Waals surface area contributed by atoms with Crippen LogP contribution in [-0.4, -0.2) is 64.1 Å². The summed E-state index contributed by atoms with van der Waals surface area (Å²) in [6, 6.07) is 6.79. The number of allylic oxidation sites excluding steroid dienone is 1. The van der Waals surface area contributed by atoms with Gasteiger partial charge in [-0.1, -0.05) is 52.0 Å². The number of Topliss-reactive ketones (excluding diaryl/α,β-unsaturated/α-hetero) is 1. The molecule has 2 amide bonds. The third-order valence-corrected chi connectivity index (χ3v) is 9.72. The number of ketones is 1. The number of hydrogen-bond donors (Lipinski definition) is 4. The van der Waals surface area contributed by atoms with E-state index in [2.05, 4.69) is 12.2 Å². The molecule has 4 N–H and O–H groups in total. The van der Waals surface area contributed by atoms with Gasteiger partial charge in [0.2, 0.25) is 5.91 Å². The van der Waals surface area contributed by atoms with Gasteiger partial charge in [0.25, 0.3) is 0 Å². The lowest BCUT2D eigenvalue weighted by molar-refractivity contribution is -0.189. The van der Waals surface area contributed by atoms with Crippen molar-refractivity contribution in [2.24, 2.45) is 28.6 Å². The van der Waals surface area contributed by atoms with Crippen LogP contribution in [0.3, 0.4) is 0 Å². The number of carbonyl (C=O) groups is 3. The summed E-state index contributed by atoms with van der Waals surface area (Å²) in [5.41, 5.74) is -2.90. The Labute approximate surface area is 222 Å². The first-order valence-corrected chi connectivity index (χ1v) is 13.1. The Kier molecular flexibility index (Phi) is 6.13. The Balaban J connectivity index is 1.62. The lowest BCUT2D eigenvalue weighted by Gasteiger charge is -2.48. The van der Waals surface area contributed by atoms with Crippen LogP contribution in [0.1, 0.15) is 41.0 Å². The highest BCUT2D eigenvalue weighted by atomic mass is 16.6. The Morgan fingerprint density at radius 1 is 1.18 bits per heavy atom. The van der Waals surface area contributed by atoms with Crippen LogP contribution in [0.4, 0.5) is 16.2 Å². The molecular weight excluding hydrogens is 488 g/mol. The van der Waals surface area contributed by atoms with Crippen LogP contribution in [0.5, 0.6) is 0 Å². The number of rotatable bonds is 2. The largest absolute Gasteiger partial charge is 0.438 e. The molecule has 9 nitrogen and oxygen atoms in total. The quantitative estimate of drug-likeness (QED) is 0.437. The van der Waals surface area contributed by atoms with Gasteiger partial charge in [-0.25, -0.2) is 4.79 Å². The van der Waals surface area contributed by atoms with Gasteiger partial charge in [0.1, 0.15) is 12.6 Å². The van der Waals surface area contributed by atoms with Gasteiger partial charge in [-0.15, -0.1) is 0 Å². The standard InChI is InChI=1S/C29H36N2O7/c1-15-12-28-17(3)10-16(2)27(4,5)19(24(28)35)11-18(14-32)23(34)29(28,37)25(15)38-26(36)31-13-22(33)30-20-8-6-7-9-21(20)31/h6-9,11-12,16-17,19,23,25,32,34,37H,10,13-14H2,1-5H3,(H,30,33)/t16-,17?,19-,23-,25+,28?,29+/m1/s1. The first-order valence-electron chi connectivity index (χ1n) is 13.1. The first-order chi connectivity index (χ1) is 17.8. The van der Waals surface area contributed by atoms with E-state index in [1.807, 2.05) is 20.8 Å². The van der Waals surface area contributed by atoms with Crippen molar-refractivity contribution in [1.82, 2.24) is 0 Å². The second-order valence-electron chi connectivity index (χ2n) is 12.0. The molecule has 1 fully saturated rings. The van der Waals surface area contributed by atoms with Gasteiger partial charge in [-0.2, -0.15) is 0 Å². The topological polar surface area (TPSA) is 136 Å². The third kappa shape index (κ3) is 3.38. The Hall–Kier alpha value is -3.01. The van der Waals surface area contributed by atoms with Crippen LogP contribution in [0.25, 0.3) is 0 Å². The van der Waals surface area contributed by atoms with Crippen LogP contribution >= 0.6 is 0 Å². The molecule has 2 bridgehead atoms. The van der Waals surface area contributed by atoms with E-state index in [1.165, 1.54) is 4.90 Å². The maximum absolute atomic E-state index is 14.5. The number of carbonyl (C=O) groups excluding carboxylic acids is 3. The molecule has 5 rings (SSSR count). The number of ether oxygens (including phenoxy) is 1. The van der Waals surface area contributed by atoms with E-state index in [1.54, 1.807) is 43.3 Å². The molecule has 204 valence electrons. The third-order valence-electron chi connectivity index (χ3n) is 9.72. The molecule has 1 aliphatic heterocycles. The molecule has 2 unspecified atom stereocenters. The summed E-state index contributed by atoms with van der Waals surface area (Å²) in [5.74, 6) is -1.66. The van der Waals surface area contributed by atoms with E-state index < -0.39 is 59.1 Å². The highest BCUT2D eigenvalue weighted by Gasteiger charge is 2.73. The van der Waals surface area contributed by atoms with Crippen molar-refractivity contribution in [1.29, 1.82) is 0 Å². The second kappa shape index (κ2) is 8.76. The second-order valence-corrected chi connectivity index (χ2v) is 12.0. The molecule has 1 spiro atoms. The number of amides is 2. The number of para-hydroxylation sites is 2. The molecule has 0 radical (unpaired) electrons. The summed E-state index contributed by atoms with van der Waals surface area (Å²) in [6.45, 7) is 8.75. The molecule has 0 saturated heterocycles. The van der Waals surface area contributed by atoms with E-state index in [0.717, 1.165) is 0 Å². The smallest absolute Gasteiger partial charge is 0.415 e. The number of nitrogens with zero attached hydrogens (tertiary/aromatic N) is 1. The zero-order valence-corrected chi connectivity index (χ0v) is 22.4. The van der Waals surface area contributed by atoms with Gasteiger partial charge in [0, 0.05) is 5.92 Å².